The fourth-order valence-corrected chi connectivity index (χ4v) is 2.48. The van der Waals surface area contributed by atoms with E-state index in [0.29, 0.717) is 36.0 Å². The highest BCUT2D eigenvalue weighted by Crippen LogP contribution is 2.30. The van der Waals surface area contributed by atoms with Gasteiger partial charge in [0.05, 0.1) is 27.4 Å². The molecule has 1 saturated heterocycles. The van der Waals surface area contributed by atoms with Crippen molar-refractivity contribution in [1.29, 1.82) is 0 Å². The first-order valence-corrected chi connectivity index (χ1v) is 7.28. The maximum Gasteiger partial charge on any atom is 0.369 e. The summed E-state index contributed by atoms with van der Waals surface area (Å²) in [5.74, 6) is 0.722. The van der Waals surface area contributed by atoms with Crippen LogP contribution >= 0.6 is 0 Å². The van der Waals surface area contributed by atoms with E-state index in [0.717, 1.165) is 18.7 Å². The molecule has 0 aromatic heterocycles. The third-order valence-corrected chi connectivity index (χ3v) is 3.71. The predicted octanol–water partition coefficient (Wildman–Crippen LogP) is 1.18. The van der Waals surface area contributed by atoms with Crippen molar-refractivity contribution in [3.63, 3.8) is 0 Å². The molecule has 7 heteroatoms. The number of carbonyl (C=O) groups is 1. The molecule has 1 fully saturated rings. The van der Waals surface area contributed by atoms with E-state index in [-0.39, 0.29) is 0 Å². The van der Waals surface area contributed by atoms with Gasteiger partial charge in [0.15, 0.2) is 11.5 Å². The maximum atomic E-state index is 12.0. The van der Waals surface area contributed by atoms with Gasteiger partial charge in [-0.3, -0.25) is 0 Å². The predicted molar refractivity (Wildman–Crippen MR) is 82.7 cm³/mol. The second-order valence-corrected chi connectivity index (χ2v) is 5.08. The van der Waals surface area contributed by atoms with E-state index in [9.17, 15) is 4.79 Å². The number of rotatable bonds is 4. The molecular weight excluding hydrogens is 300 g/mol. The number of ether oxygens (including phenoxy) is 3. The van der Waals surface area contributed by atoms with Gasteiger partial charge in [-0.1, -0.05) is 5.16 Å². The van der Waals surface area contributed by atoms with Crippen molar-refractivity contribution in [3.05, 3.63) is 35.5 Å². The van der Waals surface area contributed by atoms with Gasteiger partial charge in [-0.2, -0.15) is 0 Å². The molecule has 0 radical (unpaired) electrons. The molecule has 2 aliphatic heterocycles. The van der Waals surface area contributed by atoms with Crippen molar-refractivity contribution in [2.75, 3.05) is 40.5 Å². The highest BCUT2D eigenvalue weighted by atomic mass is 16.7. The first-order chi connectivity index (χ1) is 11.2. The summed E-state index contributed by atoms with van der Waals surface area (Å²) >= 11 is 0. The molecule has 7 nitrogen and oxygen atoms in total. The van der Waals surface area contributed by atoms with Crippen LogP contribution in [0, 0.1) is 0 Å². The Morgan fingerprint density at radius 2 is 1.91 bits per heavy atom. The van der Waals surface area contributed by atoms with Gasteiger partial charge in [0.1, 0.15) is 11.3 Å². The molecule has 0 aliphatic carbocycles. The summed E-state index contributed by atoms with van der Waals surface area (Å²) < 4.78 is 15.8. The van der Waals surface area contributed by atoms with Crippen LogP contribution in [0.5, 0.6) is 11.5 Å². The molecule has 0 saturated carbocycles. The first kappa shape index (κ1) is 15.4. The van der Waals surface area contributed by atoms with Gasteiger partial charge in [-0.15, -0.1) is 0 Å². The van der Waals surface area contributed by atoms with Crippen LogP contribution in [0.25, 0.3) is 0 Å². The van der Waals surface area contributed by atoms with Gasteiger partial charge >= 0.3 is 5.97 Å². The Bertz CT molecular complexity index is 662. The fraction of sp³-hybridized carbons (Fsp3) is 0.375. The van der Waals surface area contributed by atoms with Crippen molar-refractivity contribution < 1.29 is 23.8 Å². The molecule has 0 bridgehead atoms. The van der Waals surface area contributed by atoms with Crippen LogP contribution in [0.1, 0.15) is 5.56 Å². The number of oxime groups is 1. The Morgan fingerprint density at radius 3 is 2.61 bits per heavy atom. The van der Waals surface area contributed by atoms with Crippen LogP contribution in [-0.4, -0.2) is 57.1 Å². The lowest BCUT2D eigenvalue weighted by Gasteiger charge is -2.25. The highest BCUT2D eigenvalue weighted by molar-refractivity contribution is 6.28. The van der Waals surface area contributed by atoms with E-state index >= 15 is 0 Å². The van der Waals surface area contributed by atoms with Gasteiger partial charge in [-0.05, 0) is 18.2 Å². The molecule has 3 rings (SSSR count). The van der Waals surface area contributed by atoms with Crippen molar-refractivity contribution in [3.8, 4) is 11.5 Å². The lowest BCUT2D eigenvalue weighted by molar-refractivity contribution is -0.137. The third kappa shape index (κ3) is 3.14. The topological polar surface area (TPSA) is 69.6 Å². The van der Waals surface area contributed by atoms with E-state index in [2.05, 4.69) is 5.16 Å². The summed E-state index contributed by atoms with van der Waals surface area (Å²) in [5.41, 5.74) is 1.65. The number of nitrogens with zero attached hydrogens (tertiary/aromatic N) is 2. The van der Waals surface area contributed by atoms with E-state index < -0.39 is 5.97 Å². The number of morpholine rings is 1. The lowest BCUT2D eigenvalue weighted by Crippen LogP contribution is -2.33. The Morgan fingerprint density at radius 1 is 1.17 bits per heavy atom. The van der Waals surface area contributed by atoms with Crippen LogP contribution < -0.4 is 9.47 Å². The SMILES string of the molecule is COc1ccc(C2=NOC(=O)/C2=C\N2CCOCC2)cc1OC. The van der Waals surface area contributed by atoms with Crippen LogP contribution in [0.15, 0.2) is 35.1 Å². The van der Waals surface area contributed by atoms with Gasteiger partial charge in [-0.25, -0.2) is 4.79 Å². The number of carbonyl (C=O) groups excluding carboxylic acids is 1. The highest BCUT2D eigenvalue weighted by Gasteiger charge is 2.28. The monoisotopic (exact) mass is 318 g/mol. The number of hydrogen-bond donors (Lipinski definition) is 0. The zero-order chi connectivity index (χ0) is 16.2. The molecule has 0 atom stereocenters. The van der Waals surface area contributed by atoms with Gasteiger partial charge in [0.25, 0.3) is 0 Å². The molecule has 1 aromatic carbocycles. The van der Waals surface area contributed by atoms with E-state index in [1.54, 1.807) is 32.6 Å². The minimum Gasteiger partial charge on any atom is -0.493 e. The second kappa shape index (κ2) is 6.70. The minimum absolute atomic E-state index is 0.430. The molecule has 2 heterocycles. The number of methoxy groups -OCH3 is 2. The Kier molecular flexibility index (Phi) is 4.47. The first-order valence-electron chi connectivity index (χ1n) is 7.28. The molecule has 0 unspecified atom stereocenters. The fourth-order valence-electron chi connectivity index (χ4n) is 2.48. The molecule has 0 N–H and O–H groups in total. The average Bonchev–Trinajstić information content (AvgIpc) is 2.96. The number of hydrogen-bond acceptors (Lipinski definition) is 7. The zero-order valence-electron chi connectivity index (χ0n) is 13.1. The Labute approximate surface area is 134 Å². The lowest BCUT2D eigenvalue weighted by atomic mass is 10.0. The number of benzene rings is 1. The van der Waals surface area contributed by atoms with Gasteiger partial charge < -0.3 is 23.9 Å². The Balaban J connectivity index is 1.91. The van der Waals surface area contributed by atoms with Crippen molar-refractivity contribution in [2.45, 2.75) is 0 Å². The van der Waals surface area contributed by atoms with E-state index in [1.807, 2.05) is 11.0 Å². The molecule has 122 valence electrons. The molecule has 0 spiro atoms. The summed E-state index contributed by atoms with van der Waals surface area (Å²) in [6.07, 6.45) is 1.79. The largest absolute Gasteiger partial charge is 0.493 e. The summed E-state index contributed by atoms with van der Waals surface area (Å²) in [6, 6.07) is 5.36. The van der Waals surface area contributed by atoms with Crippen molar-refractivity contribution in [2.24, 2.45) is 5.16 Å². The van der Waals surface area contributed by atoms with Gasteiger partial charge in [0.2, 0.25) is 0 Å². The summed E-state index contributed by atoms with van der Waals surface area (Å²) in [5, 5.41) is 3.91. The third-order valence-electron chi connectivity index (χ3n) is 3.71. The molecule has 23 heavy (non-hydrogen) atoms. The molecular formula is C16H18N2O5. The van der Waals surface area contributed by atoms with Crippen LogP contribution in [0.2, 0.25) is 0 Å². The normalized spacial score (nSPS) is 19.6. The zero-order valence-corrected chi connectivity index (χ0v) is 13.1. The second-order valence-electron chi connectivity index (χ2n) is 5.08. The molecule has 1 aromatic rings. The Hall–Kier alpha value is -2.54. The molecule has 0 amide bonds. The van der Waals surface area contributed by atoms with Gasteiger partial charge in [0, 0.05) is 24.9 Å². The van der Waals surface area contributed by atoms with Crippen molar-refractivity contribution in [1.82, 2.24) is 4.90 Å². The van der Waals surface area contributed by atoms with Crippen LogP contribution in [0.3, 0.4) is 0 Å². The summed E-state index contributed by atoms with van der Waals surface area (Å²) in [4.78, 5) is 18.9. The smallest absolute Gasteiger partial charge is 0.369 e. The quantitative estimate of drug-likeness (QED) is 0.613. The summed E-state index contributed by atoms with van der Waals surface area (Å²) in [6.45, 7) is 2.75. The average molecular weight is 318 g/mol. The standard InChI is InChI=1S/C16H18N2O5/c1-20-13-4-3-11(9-14(13)21-2)15-12(16(19)23-17-15)10-18-5-7-22-8-6-18/h3-4,9-10H,5-8H2,1-2H3/b12-10-. The summed E-state index contributed by atoms with van der Waals surface area (Å²) in [7, 11) is 3.13. The van der Waals surface area contributed by atoms with E-state index in [4.69, 9.17) is 19.0 Å². The van der Waals surface area contributed by atoms with Crippen LogP contribution in [-0.2, 0) is 14.4 Å². The molecule has 2 aliphatic rings. The maximum absolute atomic E-state index is 12.0. The van der Waals surface area contributed by atoms with E-state index in [1.165, 1.54) is 0 Å². The van der Waals surface area contributed by atoms with Crippen molar-refractivity contribution >= 4 is 11.7 Å². The van der Waals surface area contributed by atoms with Crippen LogP contribution in [0.4, 0.5) is 0 Å². The minimum atomic E-state index is -0.457.